The lowest BCUT2D eigenvalue weighted by Crippen LogP contribution is -2.00. The van der Waals surface area contributed by atoms with E-state index in [9.17, 15) is 0 Å². The first kappa shape index (κ1) is 35.1. The predicted molar refractivity (Wildman–Crippen MR) is 192 cm³/mol. The van der Waals surface area contributed by atoms with Crippen LogP contribution in [0.1, 0.15) is 159 Å². The molecule has 0 aliphatic heterocycles. The molecule has 0 saturated carbocycles. The van der Waals surface area contributed by atoms with Gasteiger partial charge in [0.2, 0.25) is 0 Å². The van der Waals surface area contributed by atoms with E-state index in [1.54, 1.807) is 0 Å². The van der Waals surface area contributed by atoms with Crippen molar-refractivity contribution in [3.63, 3.8) is 0 Å². The van der Waals surface area contributed by atoms with Crippen molar-refractivity contribution in [2.45, 2.75) is 162 Å². The molecule has 3 aromatic rings. The van der Waals surface area contributed by atoms with Crippen molar-refractivity contribution in [1.82, 2.24) is 0 Å². The van der Waals surface area contributed by atoms with Gasteiger partial charge in [-0.1, -0.05) is 184 Å². The lowest BCUT2D eigenvalue weighted by Gasteiger charge is -2.20. The van der Waals surface area contributed by atoms with Gasteiger partial charge in [0.05, 0.1) is 0 Å². The highest BCUT2D eigenvalue weighted by atomic mass is 14.2. The normalized spacial score (nSPS) is 11.3. The number of aryl methyl sites for hydroxylation is 3. The molecule has 0 saturated heterocycles. The Balaban J connectivity index is 1.87. The Morgan fingerprint density at radius 2 is 0.814 bits per heavy atom. The van der Waals surface area contributed by atoms with Crippen LogP contribution in [0.3, 0.4) is 0 Å². The van der Waals surface area contributed by atoms with Gasteiger partial charge in [-0.05, 0) is 83.5 Å². The Hall–Kier alpha value is -2.34. The highest BCUT2D eigenvalue weighted by molar-refractivity contribution is 5.88. The summed E-state index contributed by atoms with van der Waals surface area (Å²) in [6, 6.07) is 26.9. The second-order valence-electron chi connectivity index (χ2n) is 13.0. The SMILES string of the molecule is CCCCCCCCCc1[c]ccc(-c2ccccc2CCCCCCCC)c1-c1ccccc1CCCCCCCC. The minimum Gasteiger partial charge on any atom is -0.0654 e. The van der Waals surface area contributed by atoms with Crippen LogP contribution in [0.5, 0.6) is 0 Å². The molecule has 0 bridgehead atoms. The Bertz CT molecular complexity index is 1120. The fourth-order valence-corrected chi connectivity index (χ4v) is 6.71. The third-order valence-electron chi connectivity index (χ3n) is 9.30. The first-order chi connectivity index (χ1) is 21.3. The highest BCUT2D eigenvalue weighted by Crippen LogP contribution is 2.39. The molecule has 0 aliphatic carbocycles. The van der Waals surface area contributed by atoms with Gasteiger partial charge in [0.15, 0.2) is 0 Å². The zero-order valence-electron chi connectivity index (χ0n) is 28.3. The van der Waals surface area contributed by atoms with Crippen LogP contribution in [0.4, 0.5) is 0 Å². The minimum atomic E-state index is 1.13. The smallest absolute Gasteiger partial charge is 0.00642 e. The number of rotatable bonds is 24. The van der Waals surface area contributed by atoms with Crippen molar-refractivity contribution in [1.29, 1.82) is 0 Å². The average molecular weight is 580 g/mol. The first-order valence-electron chi connectivity index (χ1n) is 18.5. The molecule has 0 unspecified atom stereocenters. The van der Waals surface area contributed by atoms with E-state index in [0.29, 0.717) is 0 Å². The molecule has 0 fully saturated rings. The molecular weight excluding hydrogens is 516 g/mol. The van der Waals surface area contributed by atoms with Crippen LogP contribution in [0, 0.1) is 6.07 Å². The molecular formula is C43H63. The van der Waals surface area contributed by atoms with Gasteiger partial charge in [-0.2, -0.15) is 0 Å². The van der Waals surface area contributed by atoms with Gasteiger partial charge in [0.25, 0.3) is 0 Å². The topological polar surface area (TPSA) is 0 Å². The van der Waals surface area contributed by atoms with Crippen LogP contribution in [0.2, 0.25) is 0 Å². The predicted octanol–water partition coefficient (Wildman–Crippen LogP) is 13.9. The highest BCUT2D eigenvalue weighted by Gasteiger charge is 2.17. The summed E-state index contributed by atoms with van der Waals surface area (Å²) in [5, 5.41) is 0. The van der Waals surface area contributed by atoms with Crippen LogP contribution in [0.25, 0.3) is 22.3 Å². The Morgan fingerprint density at radius 3 is 1.35 bits per heavy atom. The van der Waals surface area contributed by atoms with Crippen molar-refractivity contribution >= 4 is 0 Å². The number of hydrogen-bond donors (Lipinski definition) is 0. The van der Waals surface area contributed by atoms with Crippen molar-refractivity contribution < 1.29 is 0 Å². The van der Waals surface area contributed by atoms with Gasteiger partial charge in [-0.15, -0.1) is 0 Å². The maximum absolute atomic E-state index is 3.77. The molecule has 3 rings (SSSR count). The molecule has 0 N–H and O–H groups in total. The van der Waals surface area contributed by atoms with E-state index in [0.717, 1.165) is 6.42 Å². The van der Waals surface area contributed by atoms with Gasteiger partial charge in [-0.25, -0.2) is 0 Å². The van der Waals surface area contributed by atoms with Crippen LogP contribution >= 0.6 is 0 Å². The van der Waals surface area contributed by atoms with Gasteiger partial charge < -0.3 is 0 Å². The lowest BCUT2D eigenvalue weighted by atomic mass is 9.83. The van der Waals surface area contributed by atoms with E-state index < -0.39 is 0 Å². The van der Waals surface area contributed by atoms with Crippen LogP contribution in [-0.4, -0.2) is 0 Å². The van der Waals surface area contributed by atoms with Crippen molar-refractivity contribution in [2.75, 3.05) is 0 Å². The maximum Gasteiger partial charge on any atom is -0.00642 e. The third kappa shape index (κ3) is 12.7. The van der Waals surface area contributed by atoms with E-state index in [4.69, 9.17) is 0 Å². The van der Waals surface area contributed by atoms with Crippen molar-refractivity contribution in [2.24, 2.45) is 0 Å². The zero-order valence-corrected chi connectivity index (χ0v) is 28.3. The lowest BCUT2D eigenvalue weighted by molar-refractivity contribution is 0.589. The van der Waals surface area contributed by atoms with Crippen LogP contribution in [-0.2, 0) is 19.3 Å². The summed E-state index contributed by atoms with van der Waals surface area (Å²) in [7, 11) is 0. The summed E-state index contributed by atoms with van der Waals surface area (Å²) < 4.78 is 0. The molecule has 0 aliphatic rings. The fraction of sp³-hybridized carbons (Fsp3) is 0.581. The Kier molecular flexibility index (Phi) is 18.2. The Labute approximate surface area is 267 Å². The standard InChI is InChI=1S/C43H63/c1-4-7-10-13-16-19-22-32-39-33-27-36-42(40-34-25-23-30-37(40)28-20-17-14-11-8-5-2)43(39)41-35-26-24-31-38(41)29-21-18-15-12-9-6-3/h23-27,30-31,34-36H,4-22,28-29,32H2,1-3H3. The van der Waals surface area contributed by atoms with Gasteiger partial charge in [0.1, 0.15) is 0 Å². The van der Waals surface area contributed by atoms with Crippen LogP contribution < -0.4 is 0 Å². The molecule has 3 aromatic carbocycles. The Morgan fingerprint density at radius 1 is 0.395 bits per heavy atom. The number of hydrogen-bond acceptors (Lipinski definition) is 0. The van der Waals surface area contributed by atoms with Gasteiger partial charge in [-0.3, -0.25) is 0 Å². The van der Waals surface area contributed by atoms with E-state index in [1.165, 1.54) is 174 Å². The third-order valence-corrected chi connectivity index (χ3v) is 9.30. The van der Waals surface area contributed by atoms with Gasteiger partial charge >= 0.3 is 0 Å². The van der Waals surface area contributed by atoms with Crippen molar-refractivity contribution in [3.8, 4) is 22.3 Å². The quantitative estimate of drug-likeness (QED) is 0.0926. The fourth-order valence-electron chi connectivity index (χ4n) is 6.71. The summed E-state index contributed by atoms with van der Waals surface area (Å²) in [4.78, 5) is 0. The maximum atomic E-state index is 3.77. The van der Waals surface area contributed by atoms with E-state index in [2.05, 4.69) is 87.5 Å². The van der Waals surface area contributed by atoms with E-state index in [-0.39, 0.29) is 0 Å². The first-order valence-corrected chi connectivity index (χ1v) is 18.5. The van der Waals surface area contributed by atoms with E-state index in [1.807, 2.05) is 0 Å². The van der Waals surface area contributed by atoms with Crippen LogP contribution in [0.15, 0.2) is 60.7 Å². The second kappa shape index (κ2) is 22.2. The summed E-state index contributed by atoms with van der Waals surface area (Å²) in [6.07, 6.45) is 29.1. The molecule has 0 heterocycles. The average Bonchev–Trinajstić information content (AvgIpc) is 3.04. The molecule has 235 valence electrons. The zero-order chi connectivity index (χ0) is 30.4. The summed E-state index contributed by atoms with van der Waals surface area (Å²) in [5.74, 6) is 0. The van der Waals surface area contributed by atoms with Crippen molar-refractivity contribution in [3.05, 3.63) is 83.4 Å². The molecule has 43 heavy (non-hydrogen) atoms. The summed E-state index contributed by atoms with van der Waals surface area (Å²) >= 11 is 0. The molecule has 0 atom stereocenters. The molecule has 0 amide bonds. The number of unbranched alkanes of at least 4 members (excludes halogenated alkanes) is 16. The molecule has 0 aromatic heterocycles. The minimum absolute atomic E-state index is 1.13. The number of benzene rings is 3. The summed E-state index contributed by atoms with van der Waals surface area (Å²) in [5.41, 5.74) is 10.2. The molecule has 1 radical (unpaired) electrons. The molecule has 0 heteroatoms. The van der Waals surface area contributed by atoms with E-state index >= 15 is 0 Å². The molecule has 0 spiro atoms. The van der Waals surface area contributed by atoms with Gasteiger partial charge in [0, 0.05) is 0 Å². The second-order valence-corrected chi connectivity index (χ2v) is 13.0. The monoisotopic (exact) mass is 579 g/mol. The largest absolute Gasteiger partial charge is 0.0654 e. The molecule has 0 nitrogen and oxygen atoms in total. The summed E-state index contributed by atoms with van der Waals surface area (Å²) in [6.45, 7) is 6.92.